The molecule has 1 saturated carbocycles. The lowest BCUT2D eigenvalue weighted by molar-refractivity contribution is 0.623. The van der Waals surface area contributed by atoms with Crippen LogP contribution in [-0.4, -0.2) is 10.7 Å². The summed E-state index contributed by atoms with van der Waals surface area (Å²) in [4.78, 5) is 5.54. The van der Waals surface area contributed by atoms with Gasteiger partial charge < -0.3 is 5.73 Å². The van der Waals surface area contributed by atoms with Crippen molar-refractivity contribution in [1.29, 1.82) is 0 Å². The number of benzene rings is 1. The van der Waals surface area contributed by atoms with Crippen LogP contribution in [0.1, 0.15) is 25.7 Å². The molecule has 0 saturated heterocycles. The first-order valence-electron chi connectivity index (χ1n) is 6.60. The van der Waals surface area contributed by atoms with E-state index in [1.54, 1.807) is 0 Å². The Morgan fingerprint density at radius 3 is 2.89 bits per heavy atom. The topological polar surface area (TPSA) is 38.9 Å². The van der Waals surface area contributed by atoms with Gasteiger partial charge in [-0.25, -0.2) is 0 Å². The lowest BCUT2D eigenvalue weighted by Crippen LogP contribution is -1.98. The molecule has 0 radical (unpaired) electrons. The predicted octanol–water partition coefficient (Wildman–Crippen LogP) is 4.10. The maximum absolute atomic E-state index is 6.24. The molecule has 1 aliphatic rings. The van der Waals surface area contributed by atoms with Crippen molar-refractivity contribution in [3.8, 4) is 0 Å². The Morgan fingerprint density at radius 1 is 1.22 bits per heavy atom. The van der Waals surface area contributed by atoms with E-state index in [0.717, 1.165) is 22.5 Å². The van der Waals surface area contributed by atoms with Gasteiger partial charge in [-0.15, -0.1) is 11.8 Å². The second-order valence-electron chi connectivity index (χ2n) is 5.01. The van der Waals surface area contributed by atoms with Gasteiger partial charge in [0.05, 0.1) is 11.2 Å². The van der Waals surface area contributed by atoms with E-state index >= 15 is 0 Å². The monoisotopic (exact) mass is 258 g/mol. The molecule has 0 atom stereocenters. The molecule has 0 aliphatic heterocycles. The third-order valence-electron chi connectivity index (χ3n) is 3.74. The highest BCUT2D eigenvalue weighted by molar-refractivity contribution is 7.99. The van der Waals surface area contributed by atoms with E-state index in [9.17, 15) is 0 Å². The number of rotatable bonds is 3. The minimum absolute atomic E-state index is 0.888. The Balaban J connectivity index is 1.81. The molecule has 2 nitrogen and oxygen atoms in total. The summed E-state index contributed by atoms with van der Waals surface area (Å²) >= 11 is 1.91. The van der Waals surface area contributed by atoms with Crippen LogP contribution < -0.4 is 5.73 Å². The van der Waals surface area contributed by atoms with Gasteiger partial charge in [-0.3, -0.25) is 4.98 Å². The fraction of sp³-hybridized carbons (Fsp3) is 0.400. The minimum Gasteiger partial charge on any atom is -0.397 e. The van der Waals surface area contributed by atoms with Crippen LogP contribution in [0.2, 0.25) is 0 Å². The van der Waals surface area contributed by atoms with Gasteiger partial charge in [0, 0.05) is 22.2 Å². The third kappa shape index (κ3) is 2.32. The SMILES string of the molecule is Nc1c(SCC2CCCC2)ccc2ncccc12. The molecule has 1 aromatic carbocycles. The Kier molecular flexibility index (Phi) is 3.41. The summed E-state index contributed by atoms with van der Waals surface area (Å²) in [7, 11) is 0. The van der Waals surface area contributed by atoms with Gasteiger partial charge in [-0.1, -0.05) is 12.8 Å². The normalized spacial score (nSPS) is 16.4. The van der Waals surface area contributed by atoms with Crippen LogP contribution in [0.3, 0.4) is 0 Å². The van der Waals surface area contributed by atoms with Crippen molar-refractivity contribution in [3.05, 3.63) is 30.5 Å². The maximum atomic E-state index is 6.24. The largest absolute Gasteiger partial charge is 0.397 e. The van der Waals surface area contributed by atoms with Gasteiger partial charge in [0.1, 0.15) is 0 Å². The molecule has 94 valence electrons. The summed E-state index contributed by atoms with van der Waals surface area (Å²) in [5.41, 5.74) is 8.12. The highest BCUT2D eigenvalue weighted by atomic mass is 32.2. The first-order chi connectivity index (χ1) is 8.84. The molecule has 2 N–H and O–H groups in total. The number of nitrogens with zero attached hydrogens (tertiary/aromatic N) is 1. The number of hydrogen-bond donors (Lipinski definition) is 1. The molecule has 1 aliphatic carbocycles. The van der Waals surface area contributed by atoms with Gasteiger partial charge in [-0.2, -0.15) is 0 Å². The van der Waals surface area contributed by atoms with E-state index < -0.39 is 0 Å². The summed E-state index contributed by atoms with van der Waals surface area (Å²) in [5.74, 6) is 2.09. The molecule has 1 fully saturated rings. The molecule has 0 spiro atoms. The molecule has 3 heteroatoms. The van der Waals surface area contributed by atoms with Crippen molar-refractivity contribution < 1.29 is 0 Å². The summed E-state index contributed by atoms with van der Waals surface area (Å²) in [5, 5.41) is 1.08. The maximum Gasteiger partial charge on any atom is 0.0723 e. The lowest BCUT2D eigenvalue weighted by Gasteiger charge is -2.11. The van der Waals surface area contributed by atoms with E-state index in [1.807, 2.05) is 24.0 Å². The zero-order valence-electron chi connectivity index (χ0n) is 10.4. The van der Waals surface area contributed by atoms with E-state index in [0.29, 0.717) is 0 Å². The van der Waals surface area contributed by atoms with Gasteiger partial charge in [-0.05, 0) is 43.0 Å². The van der Waals surface area contributed by atoms with Crippen LogP contribution in [0.25, 0.3) is 10.9 Å². The number of hydrogen-bond acceptors (Lipinski definition) is 3. The van der Waals surface area contributed by atoms with Crippen LogP contribution in [0.4, 0.5) is 5.69 Å². The number of aromatic nitrogens is 1. The molecule has 0 unspecified atom stereocenters. The van der Waals surface area contributed by atoms with E-state index in [-0.39, 0.29) is 0 Å². The predicted molar refractivity (Wildman–Crippen MR) is 78.8 cm³/mol. The van der Waals surface area contributed by atoms with Crippen LogP contribution in [-0.2, 0) is 0 Å². The van der Waals surface area contributed by atoms with E-state index in [2.05, 4.69) is 23.2 Å². The standard InChI is InChI=1S/C15H18N2S/c16-15-12-6-3-9-17-13(12)7-8-14(15)18-10-11-4-1-2-5-11/h3,6-9,11H,1-2,4-5,10,16H2. The molecule has 18 heavy (non-hydrogen) atoms. The van der Waals surface area contributed by atoms with Crippen LogP contribution in [0.5, 0.6) is 0 Å². The Bertz CT molecular complexity index is 547. The van der Waals surface area contributed by atoms with Crippen molar-refractivity contribution in [2.75, 3.05) is 11.5 Å². The second kappa shape index (κ2) is 5.19. The number of nitrogen functional groups attached to an aromatic ring is 1. The van der Waals surface area contributed by atoms with Crippen molar-refractivity contribution in [2.24, 2.45) is 5.92 Å². The highest BCUT2D eigenvalue weighted by Crippen LogP contribution is 2.35. The Morgan fingerprint density at radius 2 is 2.06 bits per heavy atom. The summed E-state index contributed by atoms with van der Waals surface area (Å²) in [6, 6.07) is 8.19. The zero-order valence-corrected chi connectivity index (χ0v) is 11.2. The zero-order chi connectivity index (χ0) is 12.4. The first kappa shape index (κ1) is 11.8. The molecule has 0 bridgehead atoms. The number of pyridine rings is 1. The van der Waals surface area contributed by atoms with E-state index in [4.69, 9.17) is 5.73 Å². The smallest absolute Gasteiger partial charge is 0.0723 e. The van der Waals surface area contributed by atoms with Crippen LogP contribution >= 0.6 is 11.8 Å². The summed E-state index contributed by atoms with van der Waals surface area (Å²) < 4.78 is 0. The van der Waals surface area contributed by atoms with Gasteiger partial charge >= 0.3 is 0 Å². The molecule has 3 rings (SSSR count). The fourth-order valence-corrected chi connectivity index (χ4v) is 3.84. The van der Waals surface area contributed by atoms with Crippen LogP contribution in [0, 0.1) is 5.92 Å². The van der Waals surface area contributed by atoms with Gasteiger partial charge in [0.25, 0.3) is 0 Å². The highest BCUT2D eigenvalue weighted by Gasteiger charge is 2.16. The molecule has 2 aromatic rings. The molecular formula is C15H18N2S. The molecule has 1 aromatic heterocycles. The molecule has 0 amide bonds. The van der Waals surface area contributed by atoms with E-state index in [1.165, 1.54) is 36.3 Å². The summed E-state index contributed by atoms with van der Waals surface area (Å²) in [6.45, 7) is 0. The first-order valence-corrected chi connectivity index (χ1v) is 7.59. The second-order valence-corrected chi connectivity index (χ2v) is 6.07. The number of anilines is 1. The number of nitrogens with two attached hydrogens (primary N) is 1. The number of fused-ring (bicyclic) bond motifs is 1. The average molecular weight is 258 g/mol. The van der Waals surface area contributed by atoms with Gasteiger partial charge in [0.2, 0.25) is 0 Å². The molecular weight excluding hydrogens is 240 g/mol. The van der Waals surface area contributed by atoms with Crippen molar-refractivity contribution in [2.45, 2.75) is 30.6 Å². The van der Waals surface area contributed by atoms with Crippen molar-refractivity contribution in [3.63, 3.8) is 0 Å². The minimum atomic E-state index is 0.888. The Hall–Kier alpha value is -1.22. The quantitative estimate of drug-likeness (QED) is 0.665. The summed E-state index contributed by atoms with van der Waals surface area (Å²) in [6.07, 6.45) is 7.40. The third-order valence-corrected chi connectivity index (χ3v) is 5.04. The Labute approximate surface area is 112 Å². The fourth-order valence-electron chi connectivity index (χ4n) is 2.67. The molecule has 1 heterocycles. The van der Waals surface area contributed by atoms with Crippen molar-refractivity contribution in [1.82, 2.24) is 4.98 Å². The number of thioether (sulfide) groups is 1. The lowest BCUT2D eigenvalue weighted by atomic mass is 10.1. The van der Waals surface area contributed by atoms with Crippen molar-refractivity contribution >= 4 is 28.4 Å². The average Bonchev–Trinajstić information content (AvgIpc) is 2.91. The van der Waals surface area contributed by atoms with Gasteiger partial charge in [0.15, 0.2) is 0 Å². The van der Waals surface area contributed by atoms with Crippen LogP contribution in [0.15, 0.2) is 35.4 Å².